The van der Waals surface area contributed by atoms with Gasteiger partial charge in [-0.3, -0.25) is 0 Å². The third-order valence-corrected chi connectivity index (χ3v) is 10.6. The van der Waals surface area contributed by atoms with Crippen molar-refractivity contribution in [1.29, 1.82) is 0 Å². The summed E-state index contributed by atoms with van der Waals surface area (Å²) in [5, 5.41) is 4.00. The van der Waals surface area contributed by atoms with Crippen molar-refractivity contribution in [2.24, 2.45) is 52.8 Å². The normalized spacial score (nSPS) is 47.6. The zero-order valence-electron chi connectivity index (χ0n) is 20.3. The molecular weight excluding hydrogens is 350 g/mol. The van der Waals surface area contributed by atoms with Crippen molar-refractivity contribution < 1.29 is 0 Å². The molecule has 3 fully saturated rings. The molecule has 0 bridgehead atoms. The van der Waals surface area contributed by atoms with Gasteiger partial charge >= 0.3 is 0 Å². The smallest absolute Gasteiger partial charge is 0.0243 e. The highest BCUT2D eigenvalue weighted by atomic mass is 15.0. The lowest BCUT2D eigenvalue weighted by Gasteiger charge is -2.60. The summed E-state index contributed by atoms with van der Waals surface area (Å²) < 4.78 is 0. The van der Waals surface area contributed by atoms with Gasteiger partial charge in [0, 0.05) is 5.54 Å². The summed E-state index contributed by atoms with van der Waals surface area (Å²) in [6.07, 6.45) is 19.9. The summed E-state index contributed by atoms with van der Waals surface area (Å²) in [5.74, 6) is 7.03. The average Bonchev–Trinajstić information content (AvgIpc) is 3.08. The molecule has 9 atom stereocenters. The van der Waals surface area contributed by atoms with Crippen LogP contribution in [-0.4, -0.2) is 12.6 Å². The molecule has 166 valence electrons. The maximum absolute atomic E-state index is 4.00. The highest BCUT2D eigenvalue weighted by molar-refractivity contribution is 5.21. The van der Waals surface area contributed by atoms with Crippen molar-refractivity contribution in [2.75, 3.05) is 7.05 Å². The fourth-order valence-corrected chi connectivity index (χ4v) is 8.88. The van der Waals surface area contributed by atoms with Crippen LogP contribution in [0, 0.1) is 52.8 Å². The first kappa shape index (κ1) is 21.9. The molecule has 4 aliphatic carbocycles. The van der Waals surface area contributed by atoms with E-state index in [1.807, 2.05) is 0 Å². The van der Waals surface area contributed by atoms with Gasteiger partial charge < -0.3 is 5.32 Å². The van der Waals surface area contributed by atoms with Gasteiger partial charge in [0.15, 0.2) is 0 Å². The average molecular weight is 400 g/mol. The van der Waals surface area contributed by atoms with E-state index < -0.39 is 0 Å². The third-order valence-electron chi connectivity index (χ3n) is 10.6. The molecule has 1 N–H and O–H groups in total. The van der Waals surface area contributed by atoms with Crippen molar-refractivity contribution in [3.05, 3.63) is 12.2 Å². The van der Waals surface area contributed by atoms with Gasteiger partial charge in [-0.25, -0.2) is 0 Å². The van der Waals surface area contributed by atoms with Crippen LogP contribution in [0.3, 0.4) is 0 Å². The molecule has 0 spiro atoms. The van der Waals surface area contributed by atoms with Crippen LogP contribution in [0.25, 0.3) is 0 Å². The van der Waals surface area contributed by atoms with E-state index in [-0.39, 0.29) is 0 Å². The lowest BCUT2D eigenvalue weighted by atomic mass is 9.47. The monoisotopic (exact) mass is 399 g/mol. The second-order valence-corrected chi connectivity index (χ2v) is 12.5. The van der Waals surface area contributed by atoms with Crippen LogP contribution in [0.4, 0.5) is 0 Å². The molecule has 0 saturated heterocycles. The summed E-state index contributed by atoms with van der Waals surface area (Å²) in [6, 6.07) is 0. The van der Waals surface area contributed by atoms with Crippen LogP contribution in [0.1, 0.15) is 98.8 Å². The van der Waals surface area contributed by atoms with Crippen molar-refractivity contribution in [1.82, 2.24) is 5.32 Å². The van der Waals surface area contributed by atoms with Crippen LogP contribution in [0.15, 0.2) is 12.2 Å². The van der Waals surface area contributed by atoms with E-state index in [0.717, 1.165) is 47.3 Å². The summed E-state index contributed by atoms with van der Waals surface area (Å²) in [5.41, 5.74) is 0.987. The summed E-state index contributed by atoms with van der Waals surface area (Å²) in [6.45, 7) is 12.5. The summed E-state index contributed by atoms with van der Waals surface area (Å²) in [7, 11) is 2.30. The molecule has 4 rings (SSSR count). The molecule has 0 radical (unpaired) electrons. The summed E-state index contributed by atoms with van der Waals surface area (Å²) in [4.78, 5) is 0. The second-order valence-electron chi connectivity index (χ2n) is 12.5. The fraction of sp³-hybridized carbons (Fsp3) is 0.929. The van der Waals surface area contributed by atoms with E-state index in [9.17, 15) is 0 Å². The molecule has 0 aromatic rings. The van der Waals surface area contributed by atoms with Crippen LogP contribution in [-0.2, 0) is 0 Å². The number of rotatable bonds is 6. The molecule has 9 unspecified atom stereocenters. The minimum Gasteiger partial charge on any atom is -0.314 e. The standard InChI is InChI=1S/C28H49N/c1-19(2)8-7-9-21(4)24-12-13-26-23-11-10-22-18-20(3)14-16-27(22,5)25(23)15-17-28(24,26)29-6/h10-11,19-26,29H,7-9,12-18H2,1-6H3. The SMILES string of the molecule is CNC12CCC3C(C=CC4CC(C)CCC43C)C1CCC2C(C)CCCC(C)C. The number of allylic oxidation sites excluding steroid dienone is 2. The van der Waals surface area contributed by atoms with Crippen molar-refractivity contribution in [3.63, 3.8) is 0 Å². The highest BCUT2D eigenvalue weighted by Gasteiger charge is 2.60. The maximum Gasteiger partial charge on any atom is 0.0243 e. The summed E-state index contributed by atoms with van der Waals surface area (Å²) >= 11 is 0. The Bertz CT molecular complexity index is 593. The van der Waals surface area contributed by atoms with Crippen LogP contribution in [0.5, 0.6) is 0 Å². The molecule has 1 heteroatoms. The van der Waals surface area contributed by atoms with E-state index in [1.165, 1.54) is 64.2 Å². The minimum absolute atomic E-state index is 0.411. The lowest BCUT2D eigenvalue weighted by Crippen LogP contribution is -2.61. The van der Waals surface area contributed by atoms with Gasteiger partial charge in [0.25, 0.3) is 0 Å². The molecule has 0 aromatic carbocycles. The molecule has 1 nitrogen and oxygen atoms in total. The predicted octanol–water partition coefficient (Wildman–Crippen LogP) is 7.47. The number of fused-ring (bicyclic) bond motifs is 5. The first-order valence-electron chi connectivity index (χ1n) is 13.2. The Morgan fingerprint density at radius 1 is 0.966 bits per heavy atom. The number of nitrogens with one attached hydrogen (secondary N) is 1. The van der Waals surface area contributed by atoms with Crippen LogP contribution in [0.2, 0.25) is 0 Å². The van der Waals surface area contributed by atoms with Gasteiger partial charge in [-0.15, -0.1) is 0 Å². The Hall–Kier alpha value is -0.300. The second kappa shape index (κ2) is 8.33. The zero-order chi connectivity index (χ0) is 20.8. The third kappa shape index (κ3) is 3.66. The Morgan fingerprint density at radius 2 is 1.76 bits per heavy atom. The van der Waals surface area contributed by atoms with E-state index in [4.69, 9.17) is 0 Å². The number of hydrogen-bond acceptors (Lipinski definition) is 1. The van der Waals surface area contributed by atoms with Gasteiger partial charge in [-0.1, -0.05) is 72.5 Å². The molecule has 0 aromatic heterocycles. The van der Waals surface area contributed by atoms with Crippen molar-refractivity contribution in [2.45, 2.75) is 104 Å². The minimum atomic E-state index is 0.411. The van der Waals surface area contributed by atoms with Crippen molar-refractivity contribution in [3.8, 4) is 0 Å². The van der Waals surface area contributed by atoms with E-state index in [1.54, 1.807) is 0 Å². The van der Waals surface area contributed by atoms with Gasteiger partial charge in [0.2, 0.25) is 0 Å². The molecule has 3 saturated carbocycles. The Balaban J connectivity index is 1.53. The fourth-order valence-electron chi connectivity index (χ4n) is 8.88. The maximum atomic E-state index is 4.00. The molecular formula is C28H49N. The van der Waals surface area contributed by atoms with E-state index >= 15 is 0 Å². The molecule has 0 amide bonds. The Kier molecular flexibility index (Phi) is 6.29. The lowest BCUT2D eigenvalue weighted by molar-refractivity contribution is -0.0545. The van der Waals surface area contributed by atoms with Crippen LogP contribution < -0.4 is 5.32 Å². The van der Waals surface area contributed by atoms with E-state index in [0.29, 0.717) is 11.0 Å². The van der Waals surface area contributed by atoms with Crippen LogP contribution >= 0.6 is 0 Å². The van der Waals surface area contributed by atoms with Crippen molar-refractivity contribution >= 4 is 0 Å². The Morgan fingerprint density at radius 3 is 2.48 bits per heavy atom. The van der Waals surface area contributed by atoms with E-state index in [2.05, 4.69) is 59.1 Å². The van der Waals surface area contributed by atoms with Gasteiger partial charge in [-0.2, -0.15) is 0 Å². The molecule has 29 heavy (non-hydrogen) atoms. The first-order valence-corrected chi connectivity index (χ1v) is 13.2. The molecule has 0 heterocycles. The number of hydrogen-bond donors (Lipinski definition) is 1. The predicted molar refractivity (Wildman–Crippen MR) is 126 cm³/mol. The van der Waals surface area contributed by atoms with Gasteiger partial charge in [0.1, 0.15) is 0 Å². The highest BCUT2D eigenvalue weighted by Crippen LogP contribution is 2.64. The Labute approximate surface area is 181 Å². The van der Waals surface area contributed by atoms with Gasteiger partial charge in [0.05, 0.1) is 0 Å². The first-order chi connectivity index (χ1) is 13.8. The van der Waals surface area contributed by atoms with Gasteiger partial charge in [-0.05, 0) is 98.3 Å². The molecule has 4 aliphatic rings. The topological polar surface area (TPSA) is 12.0 Å². The quantitative estimate of drug-likeness (QED) is 0.457. The zero-order valence-corrected chi connectivity index (χ0v) is 20.3. The largest absolute Gasteiger partial charge is 0.314 e. The molecule has 0 aliphatic heterocycles.